The number of hydrogen-bond acceptors (Lipinski definition) is 3. The first-order chi connectivity index (χ1) is 7.18. The lowest BCUT2D eigenvalue weighted by atomic mass is 9.85. The second-order valence-electron chi connectivity index (χ2n) is 5.78. The van der Waals surface area contributed by atoms with E-state index in [9.17, 15) is 0 Å². The van der Waals surface area contributed by atoms with Crippen LogP contribution in [0.25, 0.3) is 0 Å². The highest BCUT2D eigenvalue weighted by atomic mass is 16.5. The van der Waals surface area contributed by atoms with E-state index < -0.39 is 5.72 Å². The van der Waals surface area contributed by atoms with Crippen LogP contribution in [0.3, 0.4) is 0 Å². The van der Waals surface area contributed by atoms with Gasteiger partial charge in [-0.1, -0.05) is 41.0 Å². The number of rotatable bonds is 5. The molecule has 3 unspecified atom stereocenters. The SMILES string of the molecule is CCC(C)C(C)N=NC(C)(OC)C(C)(C)C. The summed E-state index contributed by atoms with van der Waals surface area (Å²) in [5, 5.41) is 8.82. The van der Waals surface area contributed by atoms with E-state index in [4.69, 9.17) is 4.74 Å². The molecule has 0 aliphatic rings. The molecule has 3 heteroatoms. The van der Waals surface area contributed by atoms with Gasteiger partial charge in [0.1, 0.15) is 0 Å². The molecule has 0 fully saturated rings. The standard InChI is InChI=1S/C13H28N2O/c1-9-10(2)11(3)14-15-13(7,16-8)12(4,5)6/h10-11H,9H2,1-8H3. The summed E-state index contributed by atoms with van der Waals surface area (Å²) in [5.74, 6) is 0.560. The van der Waals surface area contributed by atoms with Crippen LogP contribution in [0, 0.1) is 11.3 Å². The van der Waals surface area contributed by atoms with Crippen LogP contribution in [0.5, 0.6) is 0 Å². The molecule has 0 bridgehead atoms. The van der Waals surface area contributed by atoms with Crippen LogP contribution in [-0.4, -0.2) is 18.9 Å². The lowest BCUT2D eigenvalue weighted by Gasteiger charge is -2.36. The van der Waals surface area contributed by atoms with E-state index in [-0.39, 0.29) is 11.5 Å². The van der Waals surface area contributed by atoms with Gasteiger partial charge in [0.05, 0.1) is 6.04 Å². The van der Waals surface area contributed by atoms with Crippen LogP contribution in [0.1, 0.15) is 54.9 Å². The van der Waals surface area contributed by atoms with E-state index in [0.29, 0.717) is 5.92 Å². The highest BCUT2D eigenvalue weighted by Gasteiger charge is 2.38. The molecule has 0 amide bonds. The molecular formula is C13H28N2O. The van der Waals surface area contributed by atoms with Gasteiger partial charge in [-0.2, -0.15) is 10.2 Å². The summed E-state index contributed by atoms with van der Waals surface area (Å²) in [4.78, 5) is 0. The Balaban J connectivity index is 4.73. The normalized spacial score (nSPS) is 20.8. The van der Waals surface area contributed by atoms with Gasteiger partial charge < -0.3 is 4.74 Å². The first-order valence-electron chi connectivity index (χ1n) is 6.15. The molecule has 0 aromatic carbocycles. The summed E-state index contributed by atoms with van der Waals surface area (Å²) in [6, 6.07) is 0.252. The molecular weight excluding hydrogens is 200 g/mol. The monoisotopic (exact) mass is 228 g/mol. The molecule has 0 aromatic heterocycles. The Morgan fingerprint density at radius 3 is 1.94 bits per heavy atom. The largest absolute Gasteiger partial charge is 0.355 e. The predicted octanol–water partition coefficient (Wildman–Crippen LogP) is 4.28. The van der Waals surface area contributed by atoms with Crippen LogP contribution in [0.2, 0.25) is 0 Å². The van der Waals surface area contributed by atoms with E-state index in [1.165, 1.54) is 0 Å². The van der Waals surface area contributed by atoms with Crippen LogP contribution in [0.15, 0.2) is 10.2 Å². The topological polar surface area (TPSA) is 34.0 Å². The Hall–Kier alpha value is -0.440. The average molecular weight is 228 g/mol. The Labute approximate surface area is 101 Å². The number of nitrogens with zero attached hydrogens (tertiary/aromatic N) is 2. The zero-order valence-corrected chi connectivity index (χ0v) is 12.2. The quantitative estimate of drug-likeness (QED) is 0.646. The Morgan fingerprint density at radius 1 is 1.12 bits per heavy atom. The smallest absolute Gasteiger partial charge is 0.180 e. The fourth-order valence-corrected chi connectivity index (χ4v) is 1.15. The van der Waals surface area contributed by atoms with Crippen molar-refractivity contribution in [1.82, 2.24) is 0 Å². The zero-order valence-electron chi connectivity index (χ0n) is 12.2. The molecule has 16 heavy (non-hydrogen) atoms. The molecule has 0 rings (SSSR count). The summed E-state index contributed by atoms with van der Waals surface area (Å²) >= 11 is 0. The van der Waals surface area contributed by atoms with Gasteiger partial charge in [0.25, 0.3) is 0 Å². The fraction of sp³-hybridized carbons (Fsp3) is 1.00. The summed E-state index contributed by atoms with van der Waals surface area (Å²) in [6.07, 6.45) is 1.12. The Kier molecular flexibility index (Phi) is 5.60. The van der Waals surface area contributed by atoms with E-state index in [1.54, 1.807) is 7.11 Å². The maximum atomic E-state index is 5.51. The van der Waals surface area contributed by atoms with E-state index in [1.807, 2.05) is 6.92 Å². The first kappa shape index (κ1) is 15.6. The van der Waals surface area contributed by atoms with Gasteiger partial charge in [0.2, 0.25) is 0 Å². The van der Waals surface area contributed by atoms with Crippen molar-refractivity contribution in [1.29, 1.82) is 0 Å². The minimum Gasteiger partial charge on any atom is -0.355 e. The molecule has 0 N–H and O–H groups in total. The summed E-state index contributed by atoms with van der Waals surface area (Å²) < 4.78 is 5.51. The Morgan fingerprint density at radius 2 is 1.62 bits per heavy atom. The molecule has 0 heterocycles. The third kappa shape index (κ3) is 3.85. The molecule has 0 aromatic rings. The van der Waals surface area contributed by atoms with Gasteiger partial charge in [-0.15, -0.1) is 0 Å². The lowest BCUT2D eigenvalue weighted by Crippen LogP contribution is -2.39. The molecule has 0 saturated heterocycles. The minimum absolute atomic E-state index is 0.0551. The predicted molar refractivity (Wildman–Crippen MR) is 68.6 cm³/mol. The summed E-state index contributed by atoms with van der Waals surface area (Å²) in [5.41, 5.74) is -0.602. The van der Waals surface area contributed by atoms with Crippen LogP contribution in [-0.2, 0) is 4.74 Å². The van der Waals surface area contributed by atoms with Crippen molar-refractivity contribution in [2.24, 2.45) is 21.6 Å². The molecule has 0 aliphatic heterocycles. The second-order valence-corrected chi connectivity index (χ2v) is 5.78. The van der Waals surface area contributed by atoms with Gasteiger partial charge in [-0.25, -0.2) is 0 Å². The summed E-state index contributed by atoms with van der Waals surface area (Å²) in [6.45, 7) is 14.8. The summed E-state index contributed by atoms with van der Waals surface area (Å²) in [7, 11) is 1.69. The fourth-order valence-electron chi connectivity index (χ4n) is 1.15. The van der Waals surface area contributed by atoms with E-state index >= 15 is 0 Å². The number of hydrogen-bond donors (Lipinski definition) is 0. The molecule has 3 nitrogen and oxygen atoms in total. The van der Waals surface area contributed by atoms with Gasteiger partial charge in [-0.3, -0.25) is 0 Å². The van der Waals surface area contributed by atoms with Crippen LogP contribution in [0.4, 0.5) is 0 Å². The van der Waals surface area contributed by atoms with Crippen molar-refractivity contribution >= 4 is 0 Å². The number of methoxy groups -OCH3 is 1. The molecule has 3 atom stereocenters. The van der Waals surface area contributed by atoms with Gasteiger partial charge in [-0.05, 0) is 19.8 Å². The third-order valence-corrected chi connectivity index (χ3v) is 3.69. The van der Waals surface area contributed by atoms with Crippen molar-refractivity contribution in [2.75, 3.05) is 7.11 Å². The third-order valence-electron chi connectivity index (χ3n) is 3.69. The molecule has 0 spiro atoms. The van der Waals surface area contributed by atoms with Gasteiger partial charge in [0.15, 0.2) is 5.72 Å². The van der Waals surface area contributed by atoms with Crippen molar-refractivity contribution in [2.45, 2.75) is 66.7 Å². The maximum Gasteiger partial charge on any atom is 0.180 e. The molecule has 0 aliphatic carbocycles. The van der Waals surface area contributed by atoms with Crippen molar-refractivity contribution in [3.05, 3.63) is 0 Å². The number of azo groups is 1. The zero-order chi connectivity index (χ0) is 13.0. The van der Waals surface area contributed by atoms with Crippen molar-refractivity contribution < 1.29 is 4.74 Å². The highest BCUT2D eigenvalue weighted by molar-refractivity contribution is 4.85. The molecule has 96 valence electrons. The van der Waals surface area contributed by atoms with Gasteiger partial charge >= 0.3 is 0 Å². The lowest BCUT2D eigenvalue weighted by molar-refractivity contribution is -0.0767. The maximum absolute atomic E-state index is 5.51. The number of ether oxygens (including phenoxy) is 1. The highest BCUT2D eigenvalue weighted by Crippen LogP contribution is 2.34. The van der Waals surface area contributed by atoms with Crippen LogP contribution < -0.4 is 0 Å². The van der Waals surface area contributed by atoms with Gasteiger partial charge in [0, 0.05) is 12.5 Å². The van der Waals surface area contributed by atoms with E-state index in [2.05, 4.69) is 51.8 Å². The molecule has 0 saturated carbocycles. The average Bonchev–Trinajstić information content (AvgIpc) is 2.22. The Bertz CT molecular complexity index is 233. The van der Waals surface area contributed by atoms with Crippen molar-refractivity contribution in [3.63, 3.8) is 0 Å². The van der Waals surface area contributed by atoms with E-state index in [0.717, 1.165) is 6.42 Å². The minimum atomic E-state index is -0.547. The van der Waals surface area contributed by atoms with Crippen molar-refractivity contribution in [3.8, 4) is 0 Å². The first-order valence-corrected chi connectivity index (χ1v) is 6.15. The molecule has 0 radical (unpaired) electrons. The van der Waals surface area contributed by atoms with Crippen LogP contribution >= 0.6 is 0 Å². The second kappa shape index (κ2) is 5.76.